The van der Waals surface area contributed by atoms with Gasteiger partial charge in [-0.2, -0.15) is 0 Å². The molecule has 0 unspecified atom stereocenters. The second-order valence-electron chi connectivity index (χ2n) is 15.4. The predicted molar refractivity (Wildman–Crippen MR) is 210 cm³/mol. The summed E-state index contributed by atoms with van der Waals surface area (Å²) in [5.41, 5.74) is 16.7. The molecule has 3 heterocycles. The Balaban J connectivity index is 1.31. The minimum absolute atomic E-state index is 0.135. The van der Waals surface area contributed by atoms with Crippen LogP contribution >= 0.6 is 0 Å². The summed E-state index contributed by atoms with van der Waals surface area (Å²) in [5.74, 6) is 0. The van der Waals surface area contributed by atoms with Crippen molar-refractivity contribution in [3.8, 4) is 44.5 Å². The Morgan fingerprint density at radius 2 is 0.804 bits per heavy atom. The van der Waals surface area contributed by atoms with Crippen LogP contribution in [0.3, 0.4) is 0 Å². The van der Waals surface area contributed by atoms with Gasteiger partial charge in [0.25, 0.3) is 0 Å². The van der Waals surface area contributed by atoms with Crippen molar-refractivity contribution in [2.75, 3.05) is 0 Å². The van der Waals surface area contributed by atoms with Crippen LogP contribution in [0.2, 0.25) is 0 Å². The number of furan rings is 1. The summed E-state index contributed by atoms with van der Waals surface area (Å²) in [6.07, 6.45) is 7.65. The summed E-state index contributed by atoms with van der Waals surface area (Å²) < 4.78 is 7.24. The maximum atomic E-state index is 7.24. The summed E-state index contributed by atoms with van der Waals surface area (Å²) in [6, 6.07) is 40.4. The van der Waals surface area contributed by atoms with Gasteiger partial charge in [-0.1, -0.05) is 88.4 Å². The highest BCUT2D eigenvalue weighted by molar-refractivity contribution is 6.25. The number of fused-ring (bicyclic) bond motifs is 13. The van der Waals surface area contributed by atoms with E-state index in [0.29, 0.717) is 0 Å². The lowest BCUT2D eigenvalue weighted by atomic mass is 9.81. The van der Waals surface area contributed by atoms with E-state index in [1.54, 1.807) is 0 Å². The van der Waals surface area contributed by atoms with E-state index in [1.807, 2.05) is 36.9 Å². The van der Waals surface area contributed by atoms with E-state index in [0.717, 1.165) is 55.0 Å². The van der Waals surface area contributed by atoms with Crippen molar-refractivity contribution in [2.24, 2.45) is 0 Å². The molecule has 3 aromatic heterocycles. The van der Waals surface area contributed by atoms with E-state index in [1.165, 1.54) is 55.3 Å². The number of aromatic nitrogens is 2. The van der Waals surface area contributed by atoms with Crippen LogP contribution in [0.15, 0.2) is 138 Å². The van der Waals surface area contributed by atoms with Gasteiger partial charge in [0.15, 0.2) is 0 Å². The second kappa shape index (κ2) is 9.80. The Labute approximate surface area is 296 Å². The van der Waals surface area contributed by atoms with E-state index >= 15 is 0 Å². The molecule has 6 aromatic carbocycles. The predicted octanol–water partition coefficient (Wildman–Crippen LogP) is 12.6. The van der Waals surface area contributed by atoms with Crippen LogP contribution in [-0.2, 0) is 10.8 Å². The summed E-state index contributed by atoms with van der Waals surface area (Å²) in [6.45, 7) is 9.38. The molecule has 9 aromatic rings. The number of rotatable bonds is 2. The van der Waals surface area contributed by atoms with Gasteiger partial charge in [-0.3, -0.25) is 9.97 Å². The lowest BCUT2D eigenvalue weighted by molar-refractivity contribution is 0.659. The molecule has 3 heteroatoms. The summed E-state index contributed by atoms with van der Waals surface area (Å²) in [5, 5.41) is 6.84. The fourth-order valence-electron chi connectivity index (χ4n) is 9.43. The van der Waals surface area contributed by atoms with Crippen LogP contribution < -0.4 is 0 Å². The van der Waals surface area contributed by atoms with Gasteiger partial charge in [0.1, 0.15) is 11.2 Å². The van der Waals surface area contributed by atoms with Crippen molar-refractivity contribution >= 4 is 43.5 Å². The molecule has 2 aliphatic carbocycles. The van der Waals surface area contributed by atoms with Crippen LogP contribution in [-0.4, -0.2) is 9.97 Å². The number of pyridine rings is 2. The molecule has 242 valence electrons. The maximum absolute atomic E-state index is 7.24. The molecule has 51 heavy (non-hydrogen) atoms. The first-order valence-corrected chi connectivity index (χ1v) is 17.8. The molecule has 0 atom stereocenters. The van der Waals surface area contributed by atoms with Gasteiger partial charge in [0.2, 0.25) is 0 Å². The third-order valence-electron chi connectivity index (χ3n) is 12.0. The largest absolute Gasteiger partial charge is 0.455 e. The van der Waals surface area contributed by atoms with Crippen molar-refractivity contribution in [3.63, 3.8) is 0 Å². The minimum atomic E-state index is -0.135. The van der Waals surface area contributed by atoms with Crippen molar-refractivity contribution in [3.05, 3.63) is 156 Å². The quantitative estimate of drug-likeness (QED) is 0.186. The van der Waals surface area contributed by atoms with Crippen molar-refractivity contribution < 1.29 is 4.42 Å². The minimum Gasteiger partial charge on any atom is -0.455 e. The Morgan fingerprint density at radius 3 is 1.24 bits per heavy atom. The third-order valence-corrected chi connectivity index (χ3v) is 12.0. The lowest BCUT2D eigenvalue weighted by Gasteiger charge is -2.22. The molecule has 0 radical (unpaired) electrons. The summed E-state index contributed by atoms with van der Waals surface area (Å²) in [4.78, 5) is 9.12. The SMILES string of the molecule is CC1(C)c2ccccc2-c2cc3c(-c4cccnc4)cc4c5cc(-c6cccnc6)c6cc7c(cc6c5oc4c3cc21)C(C)(C)c1ccccc1-7. The third kappa shape index (κ3) is 3.73. The monoisotopic (exact) mass is 654 g/mol. The van der Waals surface area contributed by atoms with Gasteiger partial charge in [0, 0.05) is 68.3 Å². The molecule has 0 saturated heterocycles. The number of benzene rings is 6. The zero-order valence-electron chi connectivity index (χ0n) is 29.0. The molecule has 0 fully saturated rings. The van der Waals surface area contributed by atoms with Gasteiger partial charge < -0.3 is 4.42 Å². The highest BCUT2D eigenvalue weighted by Crippen LogP contribution is 2.54. The lowest BCUT2D eigenvalue weighted by Crippen LogP contribution is -2.14. The van der Waals surface area contributed by atoms with E-state index in [-0.39, 0.29) is 10.8 Å². The van der Waals surface area contributed by atoms with Crippen molar-refractivity contribution in [2.45, 2.75) is 38.5 Å². The molecule has 0 aliphatic heterocycles. The van der Waals surface area contributed by atoms with Crippen molar-refractivity contribution in [1.29, 1.82) is 0 Å². The standard InChI is InChI=1S/C48H34N2O/c1-47(2)41-15-7-5-13-29(41)35-21-33-31(27-11-9-17-49-25-27)19-37-38-20-32(28-12-10-18-50-26-28)34-22-36-30-14-6-8-16-42(30)48(3,4)44(36)24-40(34)46(38)51-45(37)39(33)23-43(35)47/h5-26H,1-4H3. The molecular formula is C48H34N2O. The van der Waals surface area contributed by atoms with E-state index in [9.17, 15) is 0 Å². The van der Waals surface area contributed by atoms with Crippen LogP contribution in [0, 0.1) is 0 Å². The van der Waals surface area contributed by atoms with Crippen LogP contribution in [0.5, 0.6) is 0 Å². The molecule has 2 aliphatic rings. The highest BCUT2D eigenvalue weighted by atomic mass is 16.3. The van der Waals surface area contributed by atoms with Gasteiger partial charge in [-0.05, 0) is 115 Å². The normalized spacial score (nSPS) is 15.0. The number of nitrogens with zero attached hydrogens (tertiary/aromatic N) is 2. The van der Waals surface area contributed by atoms with Gasteiger partial charge in [0.05, 0.1) is 0 Å². The number of hydrogen-bond donors (Lipinski definition) is 0. The first kappa shape index (κ1) is 28.7. The Hall–Kier alpha value is -6.06. The zero-order valence-corrected chi connectivity index (χ0v) is 29.0. The van der Waals surface area contributed by atoms with E-state index in [2.05, 4.69) is 135 Å². The summed E-state index contributed by atoms with van der Waals surface area (Å²) >= 11 is 0. The van der Waals surface area contributed by atoms with Crippen LogP contribution in [0.4, 0.5) is 0 Å². The zero-order chi connectivity index (χ0) is 34.2. The Morgan fingerprint density at radius 1 is 0.392 bits per heavy atom. The average Bonchev–Trinajstić information content (AvgIpc) is 3.73. The van der Waals surface area contributed by atoms with Gasteiger partial charge in [-0.25, -0.2) is 0 Å². The molecule has 0 saturated carbocycles. The average molecular weight is 655 g/mol. The van der Waals surface area contributed by atoms with Crippen LogP contribution in [0.1, 0.15) is 49.9 Å². The number of hydrogen-bond acceptors (Lipinski definition) is 3. The Bertz CT molecular complexity index is 2750. The van der Waals surface area contributed by atoms with E-state index in [4.69, 9.17) is 4.42 Å². The fraction of sp³-hybridized carbons (Fsp3) is 0.125. The molecular weight excluding hydrogens is 621 g/mol. The molecule has 0 bridgehead atoms. The molecule has 11 rings (SSSR count). The first-order valence-electron chi connectivity index (χ1n) is 17.8. The van der Waals surface area contributed by atoms with Gasteiger partial charge >= 0.3 is 0 Å². The Kier molecular flexibility index (Phi) is 5.52. The molecule has 3 nitrogen and oxygen atoms in total. The first-order chi connectivity index (χ1) is 24.8. The van der Waals surface area contributed by atoms with Gasteiger partial charge in [-0.15, -0.1) is 0 Å². The second-order valence-corrected chi connectivity index (χ2v) is 15.4. The smallest absolute Gasteiger partial charge is 0.143 e. The van der Waals surface area contributed by atoms with Crippen LogP contribution in [0.25, 0.3) is 88.0 Å². The van der Waals surface area contributed by atoms with E-state index < -0.39 is 0 Å². The van der Waals surface area contributed by atoms with Crippen molar-refractivity contribution in [1.82, 2.24) is 9.97 Å². The molecule has 0 amide bonds. The topological polar surface area (TPSA) is 38.9 Å². The molecule has 0 N–H and O–H groups in total. The maximum Gasteiger partial charge on any atom is 0.143 e. The molecule has 0 spiro atoms. The summed E-state index contributed by atoms with van der Waals surface area (Å²) in [7, 11) is 0. The highest BCUT2D eigenvalue weighted by Gasteiger charge is 2.38. The fourth-order valence-corrected chi connectivity index (χ4v) is 9.43.